The molecule has 0 aliphatic heterocycles. The summed E-state index contributed by atoms with van der Waals surface area (Å²) in [5.41, 5.74) is 0.331. The largest absolute Gasteiger partial charge is 0.416 e. The first kappa shape index (κ1) is 15.5. The van der Waals surface area contributed by atoms with Crippen molar-refractivity contribution in [2.24, 2.45) is 0 Å². The predicted molar refractivity (Wildman–Crippen MR) is 74.2 cm³/mol. The van der Waals surface area contributed by atoms with Crippen molar-refractivity contribution in [1.29, 1.82) is 0 Å². The topological polar surface area (TPSA) is 42.0 Å². The van der Waals surface area contributed by atoms with E-state index in [1.54, 1.807) is 0 Å². The number of carbonyl (C=O) groups excluding carboxylic acids is 1. The van der Waals surface area contributed by atoms with E-state index in [9.17, 15) is 18.0 Å². The molecule has 1 aromatic carbocycles. The van der Waals surface area contributed by atoms with Crippen LogP contribution in [0.4, 0.5) is 13.2 Å². The van der Waals surface area contributed by atoms with E-state index in [1.165, 1.54) is 11.3 Å². The molecule has 0 aliphatic carbocycles. The van der Waals surface area contributed by atoms with Gasteiger partial charge in [-0.2, -0.15) is 13.2 Å². The van der Waals surface area contributed by atoms with Crippen molar-refractivity contribution in [3.8, 4) is 0 Å². The van der Waals surface area contributed by atoms with Crippen LogP contribution in [0.5, 0.6) is 0 Å². The molecule has 112 valence electrons. The highest BCUT2D eigenvalue weighted by Gasteiger charge is 2.30. The molecule has 21 heavy (non-hydrogen) atoms. The summed E-state index contributed by atoms with van der Waals surface area (Å²) in [6.07, 6.45) is -4.40. The van der Waals surface area contributed by atoms with Gasteiger partial charge in [-0.3, -0.25) is 4.79 Å². The molecule has 1 heterocycles. The number of aryl methyl sites for hydroxylation is 2. The Hall–Kier alpha value is -1.89. The number of halogens is 3. The maximum Gasteiger partial charge on any atom is 0.416 e. The lowest BCUT2D eigenvalue weighted by atomic mass is 10.1. The van der Waals surface area contributed by atoms with Gasteiger partial charge in [0.2, 0.25) is 0 Å². The number of nitrogens with zero attached hydrogens (tertiary/aromatic N) is 1. The molecule has 1 N–H and O–H groups in total. The maximum atomic E-state index is 12.4. The van der Waals surface area contributed by atoms with Crippen molar-refractivity contribution >= 4 is 17.2 Å². The minimum Gasteiger partial charge on any atom is -0.346 e. The van der Waals surface area contributed by atoms with Crippen LogP contribution in [0.15, 0.2) is 24.3 Å². The van der Waals surface area contributed by atoms with Crippen molar-refractivity contribution in [3.05, 3.63) is 51.0 Å². The van der Waals surface area contributed by atoms with Gasteiger partial charge >= 0.3 is 6.18 Å². The van der Waals surface area contributed by atoms with E-state index in [2.05, 4.69) is 10.3 Å². The molecule has 0 atom stereocenters. The average Bonchev–Trinajstić information content (AvgIpc) is 2.74. The van der Waals surface area contributed by atoms with E-state index >= 15 is 0 Å². The van der Waals surface area contributed by atoms with Crippen LogP contribution in [0, 0.1) is 13.8 Å². The van der Waals surface area contributed by atoms with Gasteiger partial charge in [0.05, 0.1) is 17.8 Å². The van der Waals surface area contributed by atoms with Crippen molar-refractivity contribution in [3.63, 3.8) is 0 Å². The highest BCUT2D eigenvalue weighted by atomic mass is 32.1. The molecule has 3 nitrogen and oxygen atoms in total. The molecule has 2 aromatic rings. The van der Waals surface area contributed by atoms with Crippen LogP contribution in [-0.4, -0.2) is 10.9 Å². The third-order valence-corrected chi connectivity index (χ3v) is 4.02. The molecule has 0 aliphatic rings. The Kier molecular flexibility index (Phi) is 4.32. The third-order valence-electron chi connectivity index (χ3n) is 2.95. The zero-order valence-electron chi connectivity index (χ0n) is 11.4. The van der Waals surface area contributed by atoms with Crippen molar-refractivity contribution < 1.29 is 18.0 Å². The normalized spacial score (nSPS) is 11.5. The van der Waals surface area contributed by atoms with Gasteiger partial charge in [-0.05, 0) is 38.1 Å². The number of rotatable bonds is 3. The summed E-state index contributed by atoms with van der Waals surface area (Å²) in [7, 11) is 0. The Morgan fingerprint density at radius 3 is 2.33 bits per heavy atom. The zero-order valence-corrected chi connectivity index (χ0v) is 12.2. The van der Waals surface area contributed by atoms with Gasteiger partial charge in [0.15, 0.2) is 0 Å². The minimum atomic E-state index is -4.40. The smallest absolute Gasteiger partial charge is 0.346 e. The number of nitrogens with one attached hydrogen (secondary N) is 1. The summed E-state index contributed by atoms with van der Waals surface area (Å²) in [4.78, 5) is 17.2. The number of hydrogen-bond acceptors (Lipinski definition) is 3. The SMILES string of the molecule is Cc1nc(CNC(=O)c2ccc(C(F)(F)F)cc2)sc1C. The molecule has 0 bridgehead atoms. The number of aromatic nitrogens is 1. The van der Waals surface area contributed by atoms with Gasteiger partial charge in [0.1, 0.15) is 5.01 Å². The highest BCUT2D eigenvalue weighted by molar-refractivity contribution is 7.11. The quantitative estimate of drug-likeness (QED) is 0.938. The summed E-state index contributed by atoms with van der Waals surface area (Å²) in [6, 6.07) is 4.12. The van der Waals surface area contributed by atoms with E-state index in [-0.39, 0.29) is 12.1 Å². The standard InChI is InChI=1S/C14H13F3N2OS/c1-8-9(2)21-12(19-8)7-18-13(20)10-3-5-11(6-4-10)14(15,16)17/h3-6H,7H2,1-2H3,(H,18,20). The van der Waals surface area contributed by atoms with Crippen molar-refractivity contribution in [2.45, 2.75) is 26.6 Å². The third kappa shape index (κ3) is 3.81. The molecule has 1 amide bonds. The van der Waals surface area contributed by atoms with Gasteiger partial charge < -0.3 is 5.32 Å². The maximum absolute atomic E-state index is 12.4. The van der Waals surface area contributed by atoms with E-state index in [1.807, 2.05) is 13.8 Å². The molecule has 0 spiro atoms. The molecule has 0 unspecified atom stereocenters. The lowest BCUT2D eigenvalue weighted by molar-refractivity contribution is -0.137. The van der Waals surface area contributed by atoms with E-state index in [0.29, 0.717) is 0 Å². The zero-order chi connectivity index (χ0) is 15.6. The fourth-order valence-corrected chi connectivity index (χ4v) is 2.56. The second kappa shape index (κ2) is 5.85. The number of carbonyl (C=O) groups is 1. The van der Waals surface area contributed by atoms with Crippen LogP contribution >= 0.6 is 11.3 Å². The van der Waals surface area contributed by atoms with Gasteiger partial charge in [0, 0.05) is 10.4 Å². The first-order chi connectivity index (χ1) is 9.77. The number of benzene rings is 1. The average molecular weight is 314 g/mol. The van der Waals surface area contributed by atoms with Crippen molar-refractivity contribution in [1.82, 2.24) is 10.3 Å². The minimum absolute atomic E-state index is 0.188. The van der Waals surface area contributed by atoms with Gasteiger partial charge in [0.25, 0.3) is 5.91 Å². The Morgan fingerprint density at radius 1 is 1.24 bits per heavy atom. The second-order valence-corrected chi connectivity index (χ2v) is 5.79. The Labute approximate surface area is 123 Å². The lowest BCUT2D eigenvalue weighted by Crippen LogP contribution is -2.22. The van der Waals surface area contributed by atoms with Crippen LogP contribution < -0.4 is 5.32 Å². The molecule has 0 radical (unpaired) electrons. The molecule has 2 rings (SSSR count). The first-order valence-corrected chi connectivity index (χ1v) is 6.97. The number of alkyl halides is 3. The van der Waals surface area contributed by atoms with Crippen LogP contribution in [0.25, 0.3) is 0 Å². The van der Waals surface area contributed by atoms with Crippen LogP contribution in [0.1, 0.15) is 31.5 Å². The van der Waals surface area contributed by atoms with E-state index < -0.39 is 17.6 Å². The van der Waals surface area contributed by atoms with Gasteiger partial charge in [-0.15, -0.1) is 11.3 Å². The van der Waals surface area contributed by atoms with Gasteiger partial charge in [-0.25, -0.2) is 4.98 Å². The summed E-state index contributed by atoms with van der Waals surface area (Å²) >= 11 is 1.48. The predicted octanol–water partition coefficient (Wildman–Crippen LogP) is 3.71. The molecular weight excluding hydrogens is 301 g/mol. The monoisotopic (exact) mass is 314 g/mol. The molecule has 0 saturated heterocycles. The van der Waals surface area contributed by atoms with Crippen LogP contribution in [0.3, 0.4) is 0 Å². The Morgan fingerprint density at radius 2 is 1.86 bits per heavy atom. The summed E-state index contributed by atoms with van der Waals surface area (Å²) in [6.45, 7) is 4.08. The molecule has 0 fully saturated rings. The number of hydrogen-bond donors (Lipinski definition) is 1. The first-order valence-electron chi connectivity index (χ1n) is 6.16. The summed E-state index contributed by atoms with van der Waals surface area (Å²) in [5.74, 6) is -0.422. The summed E-state index contributed by atoms with van der Waals surface area (Å²) in [5, 5.41) is 3.41. The lowest BCUT2D eigenvalue weighted by Gasteiger charge is -2.07. The molecular formula is C14H13F3N2OS. The number of amides is 1. The summed E-state index contributed by atoms with van der Waals surface area (Å²) < 4.78 is 37.3. The second-order valence-electron chi connectivity index (χ2n) is 4.51. The van der Waals surface area contributed by atoms with Crippen molar-refractivity contribution in [2.75, 3.05) is 0 Å². The highest BCUT2D eigenvalue weighted by Crippen LogP contribution is 2.29. The van der Waals surface area contributed by atoms with Gasteiger partial charge in [-0.1, -0.05) is 0 Å². The van der Waals surface area contributed by atoms with E-state index in [0.717, 1.165) is 39.8 Å². The Balaban J connectivity index is 2.00. The number of thiazole rings is 1. The van der Waals surface area contributed by atoms with Crippen LogP contribution in [-0.2, 0) is 12.7 Å². The molecule has 1 aromatic heterocycles. The fraction of sp³-hybridized carbons (Fsp3) is 0.286. The van der Waals surface area contributed by atoms with E-state index in [4.69, 9.17) is 0 Å². The molecule has 7 heteroatoms. The fourth-order valence-electron chi connectivity index (χ4n) is 1.68. The molecule has 0 saturated carbocycles. The van der Waals surface area contributed by atoms with Crippen LogP contribution in [0.2, 0.25) is 0 Å². The Bertz CT molecular complexity index is 628.